The summed E-state index contributed by atoms with van der Waals surface area (Å²) in [6.45, 7) is 5.79. The van der Waals surface area contributed by atoms with Gasteiger partial charge in [-0.1, -0.05) is 59.6 Å². The zero-order valence-corrected chi connectivity index (χ0v) is 20.0. The fraction of sp³-hybridized carbons (Fsp3) is 0.462. The van der Waals surface area contributed by atoms with E-state index in [0.29, 0.717) is 55.6 Å². The summed E-state index contributed by atoms with van der Waals surface area (Å²) in [4.78, 5) is 4.51. The smallest absolute Gasteiger partial charge is 0.223 e. The molecule has 2 fully saturated rings. The van der Waals surface area contributed by atoms with Crippen molar-refractivity contribution in [1.82, 2.24) is 14.4 Å². The summed E-state index contributed by atoms with van der Waals surface area (Å²) in [7, 11) is 0. The van der Waals surface area contributed by atoms with Gasteiger partial charge in [-0.3, -0.25) is 0 Å². The minimum absolute atomic E-state index is 0.173. The summed E-state index contributed by atoms with van der Waals surface area (Å²) < 4.78 is 28.7. The fourth-order valence-corrected chi connectivity index (χ4v) is 6.31. The zero-order valence-electron chi connectivity index (χ0n) is 19.2. The van der Waals surface area contributed by atoms with E-state index in [1.165, 1.54) is 5.56 Å². The average molecular weight is 468 g/mol. The molecule has 2 saturated heterocycles. The van der Waals surface area contributed by atoms with E-state index in [1.54, 1.807) is 13.0 Å². The van der Waals surface area contributed by atoms with Gasteiger partial charge in [-0.2, -0.15) is 4.98 Å². The minimum atomic E-state index is -0.471. The number of hydrogen-bond acceptors (Lipinski definition) is 6. The summed E-state index contributed by atoms with van der Waals surface area (Å²) in [5.41, 5.74) is 2.49. The first-order valence-electron chi connectivity index (χ1n) is 11.7. The van der Waals surface area contributed by atoms with Gasteiger partial charge in [0.15, 0.2) is 5.82 Å². The Bertz CT molecular complexity index is 1080. The molecule has 174 valence electrons. The molecule has 0 saturated carbocycles. The van der Waals surface area contributed by atoms with E-state index in [1.807, 2.05) is 24.1 Å². The number of halogens is 1. The van der Waals surface area contributed by atoms with Gasteiger partial charge in [-0.05, 0) is 49.8 Å². The molecule has 0 spiro atoms. The highest BCUT2D eigenvalue weighted by Crippen LogP contribution is 2.44. The van der Waals surface area contributed by atoms with E-state index in [0.717, 1.165) is 24.0 Å². The molecule has 2 aromatic carbocycles. The Labute approximate surface area is 198 Å². The van der Waals surface area contributed by atoms with Crippen LogP contribution in [0.3, 0.4) is 0 Å². The molecule has 2 aliphatic rings. The molecule has 2 atom stereocenters. The van der Waals surface area contributed by atoms with E-state index < -0.39 is 5.41 Å². The lowest BCUT2D eigenvalue weighted by Crippen LogP contribution is -2.36. The van der Waals surface area contributed by atoms with Gasteiger partial charge in [0.25, 0.3) is 0 Å². The number of nitrogens with zero attached hydrogens (tertiary/aromatic N) is 3. The Morgan fingerprint density at radius 1 is 1.12 bits per heavy atom. The molecule has 0 radical (unpaired) electrons. The van der Waals surface area contributed by atoms with Crippen LogP contribution in [0, 0.1) is 12.7 Å². The van der Waals surface area contributed by atoms with Crippen LogP contribution in [0.5, 0.6) is 0 Å². The van der Waals surface area contributed by atoms with Crippen LogP contribution in [0.2, 0.25) is 0 Å². The van der Waals surface area contributed by atoms with E-state index in [4.69, 9.17) is 9.26 Å². The highest BCUT2D eigenvalue weighted by molar-refractivity contribution is 7.97. The molecule has 2 aliphatic heterocycles. The number of aryl methyl sites for hydroxylation is 1. The van der Waals surface area contributed by atoms with Gasteiger partial charge in [0.2, 0.25) is 5.89 Å². The molecule has 33 heavy (non-hydrogen) atoms. The van der Waals surface area contributed by atoms with Gasteiger partial charge in [-0.15, -0.1) is 0 Å². The first-order valence-corrected chi connectivity index (χ1v) is 12.5. The lowest BCUT2D eigenvalue weighted by atomic mass is 9.73. The Morgan fingerprint density at radius 2 is 1.91 bits per heavy atom. The highest BCUT2D eigenvalue weighted by Gasteiger charge is 2.41. The molecule has 3 heterocycles. The Morgan fingerprint density at radius 3 is 2.61 bits per heavy atom. The molecular weight excluding hydrogens is 437 g/mol. The molecule has 5 rings (SSSR count). The maximum atomic E-state index is 15.5. The standard InChI is InChI=1S/C26H30FN3O2S/c1-18-8-11-24(20-6-4-3-5-7-20)33-30(18)17-21-9-10-22(16-23(21)27)26(12-14-31-15-13-26)25-28-19(2)32-29-25/h3-7,9-10,16,18,24H,8,11-15,17H2,1-2H3/t18-,24+/m0/s1. The highest BCUT2D eigenvalue weighted by atomic mass is 32.2. The van der Waals surface area contributed by atoms with Crippen molar-refractivity contribution in [2.75, 3.05) is 13.2 Å². The average Bonchev–Trinajstić information content (AvgIpc) is 3.29. The van der Waals surface area contributed by atoms with Crippen LogP contribution in [0.1, 0.15) is 66.3 Å². The van der Waals surface area contributed by atoms with Crippen molar-refractivity contribution in [1.29, 1.82) is 0 Å². The fourth-order valence-electron chi connectivity index (χ4n) is 4.94. The second-order valence-electron chi connectivity index (χ2n) is 9.14. The maximum Gasteiger partial charge on any atom is 0.223 e. The molecule has 5 nitrogen and oxygen atoms in total. The van der Waals surface area contributed by atoms with Crippen molar-refractivity contribution < 1.29 is 13.7 Å². The van der Waals surface area contributed by atoms with Gasteiger partial charge in [0.1, 0.15) is 5.82 Å². The third kappa shape index (κ3) is 4.59. The van der Waals surface area contributed by atoms with Gasteiger partial charge in [0.05, 0.1) is 5.41 Å². The number of hydrogen-bond donors (Lipinski definition) is 0. The molecule has 0 amide bonds. The summed E-state index contributed by atoms with van der Waals surface area (Å²) >= 11 is 1.85. The van der Waals surface area contributed by atoms with Gasteiger partial charge in [0, 0.05) is 43.5 Å². The third-order valence-corrected chi connectivity index (χ3v) is 8.53. The Balaban J connectivity index is 1.38. The van der Waals surface area contributed by atoms with Crippen LogP contribution in [-0.2, 0) is 16.7 Å². The zero-order chi connectivity index (χ0) is 22.8. The maximum absolute atomic E-state index is 15.5. The van der Waals surface area contributed by atoms with Gasteiger partial charge >= 0.3 is 0 Å². The lowest BCUT2D eigenvalue weighted by Gasteiger charge is -2.37. The molecule has 0 unspecified atom stereocenters. The van der Waals surface area contributed by atoms with Crippen LogP contribution < -0.4 is 0 Å². The molecular formula is C26H30FN3O2S. The van der Waals surface area contributed by atoms with Gasteiger partial charge in [-0.25, -0.2) is 8.70 Å². The van der Waals surface area contributed by atoms with Crippen molar-refractivity contribution in [3.8, 4) is 0 Å². The largest absolute Gasteiger partial charge is 0.381 e. The summed E-state index contributed by atoms with van der Waals surface area (Å²) in [6, 6.07) is 16.7. The topological polar surface area (TPSA) is 51.4 Å². The Hall–Kier alpha value is -2.22. The summed E-state index contributed by atoms with van der Waals surface area (Å²) in [6.07, 6.45) is 3.67. The number of aromatic nitrogens is 2. The summed E-state index contributed by atoms with van der Waals surface area (Å²) in [5, 5.41) is 4.62. The van der Waals surface area contributed by atoms with E-state index >= 15 is 4.39 Å². The first kappa shape index (κ1) is 22.6. The number of ether oxygens (including phenoxy) is 1. The van der Waals surface area contributed by atoms with E-state index in [2.05, 4.69) is 51.7 Å². The Kier molecular flexibility index (Phi) is 6.54. The number of rotatable bonds is 5. The minimum Gasteiger partial charge on any atom is -0.381 e. The normalized spacial score (nSPS) is 23.5. The monoisotopic (exact) mass is 467 g/mol. The number of benzene rings is 2. The molecule has 0 bridgehead atoms. The van der Waals surface area contributed by atoms with Gasteiger partial charge < -0.3 is 9.26 Å². The van der Waals surface area contributed by atoms with Crippen molar-refractivity contribution in [2.24, 2.45) is 0 Å². The lowest BCUT2D eigenvalue weighted by molar-refractivity contribution is 0.0596. The van der Waals surface area contributed by atoms with Crippen molar-refractivity contribution in [2.45, 2.75) is 62.8 Å². The molecule has 0 aliphatic carbocycles. The molecule has 3 aromatic rings. The predicted octanol–water partition coefficient (Wildman–Crippen LogP) is 5.99. The second kappa shape index (κ2) is 9.57. The molecule has 0 N–H and O–H groups in total. The van der Waals surface area contributed by atoms with Crippen molar-refractivity contribution >= 4 is 11.9 Å². The van der Waals surface area contributed by atoms with Crippen LogP contribution in [0.25, 0.3) is 0 Å². The first-order chi connectivity index (χ1) is 16.0. The van der Waals surface area contributed by atoms with E-state index in [-0.39, 0.29) is 5.82 Å². The van der Waals surface area contributed by atoms with Crippen molar-refractivity contribution in [3.63, 3.8) is 0 Å². The molecule has 7 heteroatoms. The van der Waals surface area contributed by atoms with Crippen LogP contribution in [0.4, 0.5) is 4.39 Å². The third-order valence-electron chi connectivity index (χ3n) is 7.01. The summed E-state index contributed by atoms with van der Waals surface area (Å²) in [5.74, 6) is 0.978. The quantitative estimate of drug-likeness (QED) is 0.430. The van der Waals surface area contributed by atoms with Crippen LogP contribution >= 0.6 is 11.9 Å². The SMILES string of the molecule is Cc1nc(C2(c3ccc(CN4S[C@@H](c5ccccc5)CC[C@@H]4C)c(F)c3)CCOCC2)no1. The second-order valence-corrected chi connectivity index (χ2v) is 10.4. The molecule has 1 aromatic heterocycles. The van der Waals surface area contributed by atoms with Crippen molar-refractivity contribution in [3.05, 3.63) is 82.8 Å². The predicted molar refractivity (Wildman–Crippen MR) is 127 cm³/mol. The van der Waals surface area contributed by atoms with Crippen LogP contribution in [-0.4, -0.2) is 33.7 Å². The van der Waals surface area contributed by atoms with E-state index in [9.17, 15) is 0 Å². The van der Waals surface area contributed by atoms with Crippen LogP contribution in [0.15, 0.2) is 53.1 Å².